The van der Waals surface area contributed by atoms with E-state index < -0.39 is 0 Å². The Bertz CT molecular complexity index is 847. The van der Waals surface area contributed by atoms with Gasteiger partial charge in [0.25, 0.3) is 5.91 Å². The van der Waals surface area contributed by atoms with Gasteiger partial charge in [0.15, 0.2) is 6.61 Å². The van der Waals surface area contributed by atoms with E-state index in [2.05, 4.69) is 13.0 Å². The predicted molar refractivity (Wildman–Crippen MR) is 105 cm³/mol. The maximum atomic E-state index is 12.8. The number of para-hydroxylation sites is 1. The topological polar surface area (TPSA) is 49.9 Å². The first-order valence-corrected chi connectivity index (χ1v) is 9.56. The Morgan fingerprint density at radius 3 is 2.63 bits per heavy atom. The van der Waals surface area contributed by atoms with E-state index >= 15 is 0 Å². The van der Waals surface area contributed by atoms with Crippen molar-refractivity contribution in [3.63, 3.8) is 0 Å². The van der Waals surface area contributed by atoms with Gasteiger partial charge >= 0.3 is 0 Å². The first-order valence-electron chi connectivity index (χ1n) is 9.56. The van der Waals surface area contributed by atoms with Crippen molar-refractivity contribution in [2.24, 2.45) is 0 Å². The summed E-state index contributed by atoms with van der Waals surface area (Å²) in [6.07, 6.45) is 3.48. The first-order chi connectivity index (χ1) is 13.1. The molecule has 1 fully saturated rings. The molecule has 5 nitrogen and oxygen atoms in total. The number of anilines is 2. The Balaban J connectivity index is 1.41. The molecule has 0 saturated carbocycles. The normalized spacial score (nSPS) is 19.1. The summed E-state index contributed by atoms with van der Waals surface area (Å²) in [5.41, 5.74) is 3.09. The molecule has 1 saturated heterocycles. The van der Waals surface area contributed by atoms with Gasteiger partial charge in [0, 0.05) is 30.4 Å². The van der Waals surface area contributed by atoms with Crippen molar-refractivity contribution in [3.05, 3.63) is 54.1 Å². The minimum absolute atomic E-state index is 0.000661. The molecule has 2 heterocycles. The molecular weight excluding hydrogens is 340 g/mol. The highest BCUT2D eigenvalue weighted by Crippen LogP contribution is 2.30. The number of carbonyl (C=O) groups excluding carboxylic acids is 2. The third kappa shape index (κ3) is 3.54. The van der Waals surface area contributed by atoms with Crippen LogP contribution in [0.4, 0.5) is 11.4 Å². The van der Waals surface area contributed by atoms with Gasteiger partial charge in [-0.1, -0.05) is 18.2 Å². The standard InChI is InChI=1S/C22H24N2O3/c1-16-8-9-17-5-2-3-6-20(17)24(16)22(26)15-27-19-12-10-18(11-13-19)23-14-4-7-21(23)25/h2-3,5-6,10-13,16H,4,7-9,14-15H2,1H3/t16-/m0/s1. The molecule has 1 atom stereocenters. The van der Waals surface area contributed by atoms with Gasteiger partial charge in [-0.25, -0.2) is 0 Å². The lowest BCUT2D eigenvalue weighted by Gasteiger charge is -2.35. The zero-order valence-corrected chi connectivity index (χ0v) is 15.6. The van der Waals surface area contributed by atoms with E-state index in [4.69, 9.17) is 4.74 Å². The first kappa shape index (κ1) is 17.6. The molecule has 0 radical (unpaired) electrons. The summed E-state index contributed by atoms with van der Waals surface area (Å²) in [5, 5.41) is 0. The second kappa shape index (κ2) is 7.43. The van der Waals surface area contributed by atoms with E-state index in [-0.39, 0.29) is 24.5 Å². The molecule has 0 unspecified atom stereocenters. The molecule has 0 aliphatic carbocycles. The Morgan fingerprint density at radius 2 is 1.89 bits per heavy atom. The minimum atomic E-state index is -0.0338. The van der Waals surface area contributed by atoms with Gasteiger partial charge in [-0.15, -0.1) is 0 Å². The minimum Gasteiger partial charge on any atom is -0.484 e. The highest BCUT2D eigenvalue weighted by molar-refractivity contribution is 5.96. The van der Waals surface area contributed by atoms with E-state index in [1.165, 1.54) is 5.56 Å². The van der Waals surface area contributed by atoms with Crippen LogP contribution in [-0.2, 0) is 16.0 Å². The number of rotatable bonds is 4. The molecule has 140 valence electrons. The Morgan fingerprint density at radius 1 is 1.11 bits per heavy atom. The third-order valence-electron chi connectivity index (χ3n) is 5.38. The van der Waals surface area contributed by atoms with Crippen LogP contribution < -0.4 is 14.5 Å². The quantitative estimate of drug-likeness (QED) is 0.833. The summed E-state index contributed by atoms with van der Waals surface area (Å²) >= 11 is 0. The number of hydrogen-bond donors (Lipinski definition) is 0. The molecule has 4 rings (SSSR count). The van der Waals surface area contributed by atoms with Gasteiger partial charge in [-0.05, 0) is 62.1 Å². The van der Waals surface area contributed by atoms with E-state index in [1.807, 2.05) is 47.4 Å². The monoisotopic (exact) mass is 364 g/mol. The van der Waals surface area contributed by atoms with Gasteiger partial charge in [-0.3, -0.25) is 9.59 Å². The van der Waals surface area contributed by atoms with E-state index in [0.717, 1.165) is 37.2 Å². The molecule has 0 spiro atoms. The lowest BCUT2D eigenvalue weighted by molar-refractivity contribution is -0.121. The molecule has 2 amide bonds. The van der Waals surface area contributed by atoms with Gasteiger partial charge in [0.05, 0.1) is 0 Å². The van der Waals surface area contributed by atoms with Crippen molar-refractivity contribution in [1.82, 2.24) is 0 Å². The van der Waals surface area contributed by atoms with Crippen LogP contribution in [0.25, 0.3) is 0 Å². The molecule has 5 heteroatoms. The van der Waals surface area contributed by atoms with Crippen molar-refractivity contribution >= 4 is 23.2 Å². The van der Waals surface area contributed by atoms with E-state index in [0.29, 0.717) is 12.2 Å². The highest BCUT2D eigenvalue weighted by atomic mass is 16.5. The highest BCUT2D eigenvalue weighted by Gasteiger charge is 2.28. The number of benzene rings is 2. The van der Waals surface area contributed by atoms with Crippen LogP contribution in [0.5, 0.6) is 5.75 Å². The third-order valence-corrected chi connectivity index (χ3v) is 5.38. The second-order valence-electron chi connectivity index (χ2n) is 7.21. The van der Waals surface area contributed by atoms with Crippen LogP contribution in [0.15, 0.2) is 48.5 Å². The van der Waals surface area contributed by atoms with Crippen LogP contribution in [0.2, 0.25) is 0 Å². The van der Waals surface area contributed by atoms with Crippen molar-refractivity contribution in [1.29, 1.82) is 0 Å². The van der Waals surface area contributed by atoms with Gasteiger partial charge in [-0.2, -0.15) is 0 Å². The van der Waals surface area contributed by atoms with E-state index in [1.54, 1.807) is 4.90 Å². The number of aryl methyl sites for hydroxylation is 1. The molecule has 2 aliphatic heterocycles. The second-order valence-corrected chi connectivity index (χ2v) is 7.21. The van der Waals surface area contributed by atoms with Crippen LogP contribution in [-0.4, -0.2) is 31.0 Å². The largest absolute Gasteiger partial charge is 0.484 e. The zero-order chi connectivity index (χ0) is 18.8. The van der Waals surface area contributed by atoms with Gasteiger partial charge < -0.3 is 14.5 Å². The fourth-order valence-electron chi connectivity index (χ4n) is 3.93. The molecule has 0 bridgehead atoms. The van der Waals surface area contributed by atoms with Crippen LogP contribution >= 0.6 is 0 Å². The summed E-state index contributed by atoms with van der Waals surface area (Å²) in [7, 11) is 0. The number of fused-ring (bicyclic) bond motifs is 1. The molecule has 27 heavy (non-hydrogen) atoms. The fraction of sp³-hybridized carbons (Fsp3) is 0.364. The molecule has 2 aromatic carbocycles. The van der Waals surface area contributed by atoms with Gasteiger partial charge in [0.2, 0.25) is 5.91 Å². The predicted octanol–water partition coefficient (Wildman–Crippen LogP) is 3.56. The van der Waals surface area contributed by atoms with Crippen molar-refractivity contribution in [2.45, 2.75) is 38.6 Å². The lowest BCUT2D eigenvalue weighted by atomic mass is 9.96. The Labute approximate surface area is 159 Å². The molecule has 2 aliphatic rings. The summed E-state index contributed by atoms with van der Waals surface area (Å²) < 4.78 is 5.73. The van der Waals surface area contributed by atoms with Gasteiger partial charge in [0.1, 0.15) is 5.75 Å². The number of ether oxygens (including phenoxy) is 1. The number of nitrogens with zero attached hydrogens (tertiary/aromatic N) is 2. The average molecular weight is 364 g/mol. The maximum Gasteiger partial charge on any atom is 0.265 e. The number of hydrogen-bond acceptors (Lipinski definition) is 3. The van der Waals surface area contributed by atoms with Crippen LogP contribution in [0.3, 0.4) is 0 Å². The Kier molecular flexibility index (Phi) is 4.84. The number of amides is 2. The summed E-state index contributed by atoms with van der Waals surface area (Å²) in [4.78, 5) is 28.3. The lowest BCUT2D eigenvalue weighted by Crippen LogP contribution is -2.44. The van der Waals surface area contributed by atoms with Crippen molar-refractivity contribution in [3.8, 4) is 5.75 Å². The van der Waals surface area contributed by atoms with Crippen molar-refractivity contribution < 1.29 is 14.3 Å². The summed E-state index contributed by atoms with van der Waals surface area (Å²) in [6.45, 7) is 2.85. The smallest absolute Gasteiger partial charge is 0.265 e. The molecule has 0 N–H and O–H groups in total. The molecule has 0 aromatic heterocycles. The average Bonchev–Trinajstić information content (AvgIpc) is 3.12. The molecule has 2 aromatic rings. The summed E-state index contributed by atoms with van der Waals surface area (Å²) in [6, 6.07) is 15.6. The van der Waals surface area contributed by atoms with Crippen LogP contribution in [0.1, 0.15) is 31.7 Å². The molecular formula is C22H24N2O3. The zero-order valence-electron chi connectivity index (χ0n) is 15.6. The van der Waals surface area contributed by atoms with Crippen LogP contribution in [0, 0.1) is 0 Å². The Hall–Kier alpha value is -2.82. The summed E-state index contributed by atoms with van der Waals surface area (Å²) in [5.74, 6) is 0.765. The van der Waals surface area contributed by atoms with E-state index in [9.17, 15) is 9.59 Å². The number of carbonyl (C=O) groups is 2. The van der Waals surface area contributed by atoms with Crippen molar-refractivity contribution in [2.75, 3.05) is 23.0 Å². The fourth-order valence-corrected chi connectivity index (χ4v) is 3.93. The maximum absolute atomic E-state index is 12.8. The SMILES string of the molecule is C[C@H]1CCc2ccccc2N1C(=O)COc1ccc(N2CCCC2=O)cc1.